The normalized spacial score (nSPS) is 29.5. The molecule has 2 nitrogen and oxygen atoms in total. The first-order valence-electron chi connectivity index (χ1n) is 6.82. The maximum absolute atomic E-state index is 3.88. The zero-order chi connectivity index (χ0) is 11.5. The minimum atomic E-state index is 0.645. The number of nitrogens with zero attached hydrogens (tertiary/aromatic N) is 1. The molecule has 0 aromatic heterocycles. The second-order valence-corrected chi connectivity index (χ2v) is 5.67. The SMILES string of the molecule is C=CCN(C(C)C)C1CCC1CNC1CC1. The van der Waals surface area contributed by atoms with Gasteiger partial charge in [-0.05, 0) is 52.0 Å². The monoisotopic (exact) mass is 222 g/mol. The van der Waals surface area contributed by atoms with Crippen LogP contribution in [0.1, 0.15) is 39.5 Å². The lowest BCUT2D eigenvalue weighted by molar-refractivity contribution is 0.0477. The van der Waals surface area contributed by atoms with Crippen LogP contribution in [0.5, 0.6) is 0 Å². The number of nitrogens with one attached hydrogen (secondary N) is 1. The Hall–Kier alpha value is -0.340. The van der Waals surface area contributed by atoms with Crippen LogP contribution in [0.4, 0.5) is 0 Å². The molecule has 2 rings (SSSR count). The largest absolute Gasteiger partial charge is 0.314 e. The lowest BCUT2D eigenvalue weighted by Gasteiger charge is -2.46. The molecule has 0 saturated heterocycles. The molecule has 2 unspecified atom stereocenters. The summed E-state index contributed by atoms with van der Waals surface area (Å²) in [5.41, 5.74) is 0. The van der Waals surface area contributed by atoms with Gasteiger partial charge in [-0.2, -0.15) is 0 Å². The second-order valence-electron chi connectivity index (χ2n) is 5.67. The molecule has 2 heteroatoms. The Labute approximate surface area is 100 Å². The van der Waals surface area contributed by atoms with Crippen molar-refractivity contribution in [3.05, 3.63) is 12.7 Å². The van der Waals surface area contributed by atoms with Crippen molar-refractivity contribution in [1.82, 2.24) is 10.2 Å². The van der Waals surface area contributed by atoms with Gasteiger partial charge in [0.15, 0.2) is 0 Å². The molecule has 0 aromatic carbocycles. The van der Waals surface area contributed by atoms with Crippen LogP contribution in [0.15, 0.2) is 12.7 Å². The minimum Gasteiger partial charge on any atom is -0.314 e. The zero-order valence-corrected chi connectivity index (χ0v) is 10.8. The molecule has 0 spiro atoms. The fraction of sp³-hybridized carbons (Fsp3) is 0.857. The molecule has 2 atom stereocenters. The van der Waals surface area contributed by atoms with Gasteiger partial charge in [0.1, 0.15) is 0 Å². The van der Waals surface area contributed by atoms with E-state index in [4.69, 9.17) is 0 Å². The molecule has 0 heterocycles. The van der Waals surface area contributed by atoms with Gasteiger partial charge >= 0.3 is 0 Å². The van der Waals surface area contributed by atoms with E-state index in [0.717, 1.165) is 24.5 Å². The highest BCUT2D eigenvalue weighted by atomic mass is 15.2. The molecule has 1 N–H and O–H groups in total. The molecule has 2 saturated carbocycles. The van der Waals surface area contributed by atoms with E-state index in [2.05, 4.69) is 30.6 Å². The van der Waals surface area contributed by atoms with E-state index < -0.39 is 0 Å². The average molecular weight is 222 g/mol. The molecule has 16 heavy (non-hydrogen) atoms. The Bertz CT molecular complexity index is 233. The quantitative estimate of drug-likeness (QED) is 0.666. The summed E-state index contributed by atoms with van der Waals surface area (Å²) in [7, 11) is 0. The molecule has 0 radical (unpaired) electrons. The summed E-state index contributed by atoms with van der Waals surface area (Å²) in [6.07, 6.45) is 7.63. The zero-order valence-electron chi connectivity index (χ0n) is 10.8. The van der Waals surface area contributed by atoms with Crippen molar-refractivity contribution >= 4 is 0 Å². The van der Waals surface area contributed by atoms with E-state index >= 15 is 0 Å². The maximum Gasteiger partial charge on any atom is 0.0166 e. The number of rotatable bonds is 7. The Morgan fingerprint density at radius 2 is 2.06 bits per heavy atom. The van der Waals surface area contributed by atoms with Crippen LogP contribution in [-0.4, -0.2) is 36.1 Å². The van der Waals surface area contributed by atoms with Crippen molar-refractivity contribution in [1.29, 1.82) is 0 Å². The Balaban J connectivity index is 1.78. The summed E-state index contributed by atoms with van der Waals surface area (Å²) in [5.74, 6) is 0.878. The minimum absolute atomic E-state index is 0.645. The van der Waals surface area contributed by atoms with Crippen LogP contribution in [0, 0.1) is 5.92 Å². The molecule has 2 aliphatic rings. The Kier molecular flexibility index (Phi) is 4.04. The highest BCUT2D eigenvalue weighted by Crippen LogP contribution is 2.33. The molecule has 0 amide bonds. The standard InChI is InChI=1S/C14H26N2/c1-4-9-16(11(2)3)14-8-5-12(14)10-15-13-6-7-13/h4,11-15H,1,5-10H2,2-3H3. The van der Waals surface area contributed by atoms with Crippen LogP contribution in [-0.2, 0) is 0 Å². The smallest absolute Gasteiger partial charge is 0.0166 e. The summed E-state index contributed by atoms with van der Waals surface area (Å²) in [5, 5.41) is 3.67. The van der Waals surface area contributed by atoms with Crippen LogP contribution in [0.25, 0.3) is 0 Å². The van der Waals surface area contributed by atoms with Crippen LogP contribution >= 0.6 is 0 Å². The maximum atomic E-state index is 3.88. The summed E-state index contributed by atoms with van der Waals surface area (Å²) >= 11 is 0. The summed E-state index contributed by atoms with van der Waals surface area (Å²) < 4.78 is 0. The first kappa shape index (κ1) is 12.1. The van der Waals surface area contributed by atoms with Gasteiger partial charge in [0.2, 0.25) is 0 Å². The molecule has 2 aliphatic carbocycles. The molecule has 0 bridgehead atoms. The number of hydrogen-bond acceptors (Lipinski definition) is 2. The van der Waals surface area contributed by atoms with E-state index in [9.17, 15) is 0 Å². The predicted molar refractivity (Wildman–Crippen MR) is 69.6 cm³/mol. The van der Waals surface area contributed by atoms with Crippen LogP contribution in [0.3, 0.4) is 0 Å². The molecule has 0 aromatic rings. The van der Waals surface area contributed by atoms with Gasteiger partial charge < -0.3 is 5.32 Å². The van der Waals surface area contributed by atoms with E-state index in [1.807, 2.05) is 6.08 Å². The third-order valence-electron chi connectivity index (χ3n) is 4.05. The van der Waals surface area contributed by atoms with Gasteiger partial charge in [-0.1, -0.05) is 6.08 Å². The number of hydrogen-bond donors (Lipinski definition) is 1. The highest BCUT2D eigenvalue weighted by molar-refractivity contribution is 4.94. The van der Waals surface area contributed by atoms with Gasteiger partial charge in [0.05, 0.1) is 0 Å². The first-order valence-corrected chi connectivity index (χ1v) is 6.82. The first-order chi connectivity index (χ1) is 7.72. The third-order valence-corrected chi connectivity index (χ3v) is 4.05. The fourth-order valence-electron chi connectivity index (χ4n) is 2.71. The van der Waals surface area contributed by atoms with Crippen molar-refractivity contribution in [3.63, 3.8) is 0 Å². The van der Waals surface area contributed by atoms with Gasteiger partial charge in [-0.3, -0.25) is 4.90 Å². The fourth-order valence-corrected chi connectivity index (χ4v) is 2.71. The average Bonchev–Trinajstić information content (AvgIpc) is 2.99. The van der Waals surface area contributed by atoms with Crippen LogP contribution < -0.4 is 5.32 Å². The van der Waals surface area contributed by atoms with Gasteiger partial charge in [0, 0.05) is 24.7 Å². The molecule has 2 fully saturated rings. The second kappa shape index (κ2) is 5.33. The van der Waals surface area contributed by atoms with E-state index in [1.165, 1.54) is 32.2 Å². The highest BCUT2D eigenvalue weighted by Gasteiger charge is 2.36. The van der Waals surface area contributed by atoms with Gasteiger partial charge in [-0.25, -0.2) is 0 Å². The molecular weight excluding hydrogens is 196 g/mol. The predicted octanol–water partition coefficient (Wildman–Crippen LogP) is 2.41. The topological polar surface area (TPSA) is 15.3 Å². The van der Waals surface area contributed by atoms with Crippen molar-refractivity contribution in [2.45, 2.75) is 57.7 Å². The van der Waals surface area contributed by atoms with E-state index in [0.29, 0.717) is 6.04 Å². The third kappa shape index (κ3) is 2.86. The van der Waals surface area contributed by atoms with Crippen molar-refractivity contribution in [2.75, 3.05) is 13.1 Å². The Morgan fingerprint density at radius 3 is 2.50 bits per heavy atom. The van der Waals surface area contributed by atoms with Crippen molar-refractivity contribution in [3.8, 4) is 0 Å². The van der Waals surface area contributed by atoms with Crippen LogP contribution in [0.2, 0.25) is 0 Å². The van der Waals surface area contributed by atoms with E-state index in [1.54, 1.807) is 0 Å². The lowest BCUT2D eigenvalue weighted by Crippen LogP contribution is -2.53. The molecular formula is C14H26N2. The summed E-state index contributed by atoms with van der Waals surface area (Å²) in [4.78, 5) is 2.61. The van der Waals surface area contributed by atoms with Gasteiger partial charge in [0.25, 0.3) is 0 Å². The van der Waals surface area contributed by atoms with E-state index in [-0.39, 0.29) is 0 Å². The van der Waals surface area contributed by atoms with Crippen molar-refractivity contribution < 1.29 is 0 Å². The summed E-state index contributed by atoms with van der Waals surface area (Å²) in [6, 6.07) is 2.30. The molecule has 0 aliphatic heterocycles. The Morgan fingerprint density at radius 1 is 1.31 bits per heavy atom. The molecule has 92 valence electrons. The van der Waals surface area contributed by atoms with Crippen molar-refractivity contribution in [2.24, 2.45) is 5.92 Å². The lowest BCUT2D eigenvalue weighted by atomic mass is 9.77. The van der Waals surface area contributed by atoms with Gasteiger partial charge in [-0.15, -0.1) is 6.58 Å². The summed E-state index contributed by atoms with van der Waals surface area (Å²) in [6.45, 7) is 10.7.